The summed E-state index contributed by atoms with van der Waals surface area (Å²) in [4.78, 5) is 26.1. The van der Waals surface area contributed by atoms with Crippen molar-refractivity contribution >= 4 is 17.6 Å². The average Bonchev–Trinajstić information content (AvgIpc) is 3.41. The van der Waals surface area contributed by atoms with Crippen LogP contribution in [-0.2, 0) is 9.59 Å². The second-order valence-corrected chi connectivity index (χ2v) is 7.42. The molecule has 152 valence electrons. The van der Waals surface area contributed by atoms with Crippen molar-refractivity contribution in [1.29, 1.82) is 5.26 Å². The van der Waals surface area contributed by atoms with Crippen LogP contribution in [-0.4, -0.2) is 47.5 Å². The molecule has 1 fully saturated rings. The van der Waals surface area contributed by atoms with Crippen molar-refractivity contribution in [2.75, 3.05) is 25.5 Å². The van der Waals surface area contributed by atoms with Crippen LogP contribution in [0.25, 0.3) is 5.69 Å². The van der Waals surface area contributed by atoms with E-state index in [1.807, 2.05) is 6.92 Å². The molecule has 2 N–H and O–H groups in total. The maximum atomic E-state index is 13.7. The van der Waals surface area contributed by atoms with Gasteiger partial charge in [0.05, 0.1) is 24.3 Å². The third-order valence-electron chi connectivity index (χ3n) is 4.92. The van der Waals surface area contributed by atoms with Crippen LogP contribution in [0, 0.1) is 31.0 Å². The largest absolute Gasteiger partial charge is 0.352 e. The molecule has 3 rings (SSSR count). The van der Waals surface area contributed by atoms with E-state index in [9.17, 15) is 19.2 Å². The van der Waals surface area contributed by atoms with E-state index >= 15 is 0 Å². The maximum absolute atomic E-state index is 13.7. The van der Waals surface area contributed by atoms with Gasteiger partial charge >= 0.3 is 0 Å². The van der Waals surface area contributed by atoms with Crippen molar-refractivity contribution in [3.63, 3.8) is 0 Å². The van der Waals surface area contributed by atoms with Crippen LogP contribution in [0.2, 0.25) is 0 Å². The molecular formula is C21H24FN5O2. The molecule has 8 heteroatoms. The number of hydrogen-bond donors (Lipinski definition) is 2. The molecule has 0 unspecified atom stereocenters. The predicted octanol–water partition coefficient (Wildman–Crippen LogP) is 2.25. The van der Waals surface area contributed by atoms with Crippen LogP contribution >= 0.6 is 0 Å². The third-order valence-corrected chi connectivity index (χ3v) is 4.92. The van der Waals surface area contributed by atoms with Gasteiger partial charge in [0.25, 0.3) is 0 Å². The fraction of sp³-hybridized carbons (Fsp3) is 0.381. The molecule has 29 heavy (non-hydrogen) atoms. The van der Waals surface area contributed by atoms with E-state index in [0.717, 1.165) is 18.5 Å². The Kier molecular flexibility index (Phi) is 5.99. The molecule has 1 heterocycles. The fourth-order valence-electron chi connectivity index (χ4n) is 3.22. The second kappa shape index (κ2) is 8.45. The van der Waals surface area contributed by atoms with Crippen LogP contribution in [0.15, 0.2) is 24.3 Å². The van der Waals surface area contributed by atoms with Gasteiger partial charge in [-0.1, -0.05) is 6.07 Å². The van der Waals surface area contributed by atoms with Crippen LogP contribution in [0.4, 0.5) is 10.2 Å². The Hall–Kier alpha value is -3.18. The van der Waals surface area contributed by atoms with Gasteiger partial charge in [0.2, 0.25) is 11.8 Å². The lowest BCUT2D eigenvalue weighted by molar-refractivity contribution is -0.123. The van der Waals surface area contributed by atoms with Gasteiger partial charge < -0.3 is 10.6 Å². The van der Waals surface area contributed by atoms with E-state index < -0.39 is 5.82 Å². The Bertz CT molecular complexity index is 988. The standard InChI is InChI=1S/C21H24FN5O2/c1-13-14(2)27(17-6-4-5-15(22)9-17)21(18(13)10-23)25-20(29)12-26(3)11-19(28)24-16-7-8-16/h4-6,9,16H,7-8,11-12H2,1-3H3,(H,24,28)(H,25,29). The highest BCUT2D eigenvalue weighted by molar-refractivity contribution is 5.94. The number of nitrogens with zero attached hydrogens (tertiary/aromatic N) is 3. The molecule has 0 aliphatic heterocycles. The monoisotopic (exact) mass is 397 g/mol. The first kappa shape index (κ1) is 20.6. The highest BCUT2D eigenvalue weighted by Gasteiger charge is 2.24. The maximum Gasteiger partial charge on any atom is 0.239 e. The number of carbonyl (C=O) groups excluding carboxylic acids is 2. The van der Waals surface area contributed by atoms with Gasteiger partial charge in [-0.2, -0.15) is 5.26 Å². The van der Waals surface area contributed by atoms with Crippen LogP contribution in [0.1, 0.15) is 29.7 Å². The molecule has 0 saturated heterocycles. The lowest BCUT2D eigenvalue weighted by Gasteiger charge is -2.17. The zero-order chi connectivity index (χ0) is 21.1. The molecule has 0 bridgehead atoms. The molecule has 0 atom stereocenters. The number of benzene rings is 1. The smallest absolute Gasteiger partial charge is 0.239 e. The van der Waals surface area contributed by atoms with Crippen LogP contribution in [0.3, 0.4) is 0 Å². The minimum atomic E-state index is -0.412. The van der Waals surface area contributed by atoms with Gasteiger partial charge in [-0.25, -0.2) is 4.39 Å². The van der Waals surface area contributed by atoms with Crippen LogP contribution in [0.5, 0.6) is 0 Å². The van der Waals surface area contributed by atoms with Crippen LogP contribution < -0.4 is 10.6 Å². The Morgan fingerprint density at radius 2 is 1.97 bits per heavy atom. The number of halogens is 1. The lowest BCUT2D eigenvalue weighted by Crippen LogP contribution is -2.39. The second-order valence-electron chi connectivity index (χ2n) is 7.42. The summed E-state index contributed by atoms with van der Waals surface area (Å²) in [6.45, 7) is 3.69. The number of nitrogens with one attached hydrogen (secondary N) is 2. The van der Waals surface area contributed by atoms with E-state index in [1.54, 1.807) is 35.6 Å². The van der Waals surface area contributed by atoms with Crippen molar-refractivity contribution in [3.05, 3.63) is 46.9 Å². The fourth-order valence-corrected chi connectivity index (χ4v) is 3.22. The summed E-state index contributed by atoms with van der Waals surface area (Å²) in [5.74, 6) is -0.590. The molecule has 7 nitrogen and oxygen atoms in total. The quantitative estimate of drug-likeness (QED) is 0.750. The van der Waals surface area contributed by atoms with Crippen molar-refractivity contribution in [2.24, 2.45) is 0 Å². The minimum Gasteiger partial charge on any atom is -0.352 e. The minimum absolute atomic E-state index is 0.0185. The van der Waals surface area contributed by atoms with E-state index in [2.05, 4.69) is 16.7 Å². The SMILES string of the molecule is Cc1c(C#N)c(NC(=O)CN(C)CC(=O)NC2CC2)n(-c2cccc(F)c2)c1C. The molecule has 2 aromatic rings. The highest BCUT2D eigenvalue weighted by atomic mass is 19.1. The molecule has 1 aromatic carbocycles. The summed E-state index contributed by atoms with van der Waals surface area (Å²) in [5, 5.41) is 15.2. The van der Waals surface area contributed by atoms with Crippen molar-refractivity contribution in [1.82, 2.24) is 14.8 Å². The van der Waals surface area contributed by atoms with Gasteiger partial charge in [-0.15, -0.1) is 0 Å². The molecule has 1 saturated carbocycles. The van der Waals surface area contributed by atoms with Crippen molar-refractivity contribution < 1.29 is 14.0 Å². The van der Waals surface area contributed by atoms with Gasteiger partial charge in [0, 0.05) is 11.7 Å². The molecular weight excluding hydrogens is 373 g/mol. The Morgan fingerprint density at radius 3 is 2.59 bits per heavy atom. The normalized spacial score (nSPS) is 13.2. The summed E-state index contributed by atoms with van der Waals surface area (Å²) in [6.07, 6.45) is 2.01. The molecule has 1 aliphatic rings. The summed E-state index contributed by atoms with van der Waals surface area (Å²) < 4.78 is 15.4. The first-order valence-electron chi connectivity index (χ1n) is 9.45. The molecule has 0 radical (unpaired) electrons. The number of amides is 2. The van der Waals surface area contributed by atoms with E-state index in [0.29, 0.717) is 22.6 Å². The summed E-state index contributed by atoms with van der Waals surface area (Å²) in [7, 11) is 1.68. The van der Waals surface area contributed by atoms with E-state index in [4.69, 9.17) is 0 Å². The first-order valence-corrected chi connectivity index (χ1v) is 9.45. The number of carbonyl (C=O) groups is 2. The van der Waals surface area contributed by atoms with Gasteiger partial charge in [0.15, 0.2) is 0 Å². The highest BCUT2D eigenvalue weighted by Crippen LogP contribution is 2.30. The molecule has 2 amide bonds. The third kappa shape index (κ3) is 4.81. The number of hydrogen-bond acceptors (Lipinski definition) is 4. The van der Waals surface area contributed by atoms with Crippen molar-refractivity contribution in [3.8, 4) is 11.8 Å². The summed E-state index contributed by atoms with van der Waals surface area (Å²) in [6, 6.07) is 8.35. The molecule has 0 spiro atoms. The van der Waals surface area contributed by atoms with Gasteiger partial charge in [-0.05, 0) is 57.5 Å². The lowest BCUT2D eigenvalue weighted by atomic mass is 10.2. The number of likely N-dealkylation sites (N-methyl/N-ethyl adjacent to an activating group) is 1. The number of nitriles is 1. The van der Waals surface area contributed by atoms with Gasteiger partial charge in [0.1, 0.15) is 17.7 Å². The zero-order valence-electron chi connectivity index (χ0n) is 16.8. The molecule has 1 aliphatic carbocycles. The predicted molar refractivity (Wildman–Crippen MR) is 107 cm³/mol. The topological polar surface area (TPSA) is 90.2 Å². The Labute approximate surface area is 169 Å². The molecule has 1 aromatic heterocycles. The van der Waals surface area contributed by atoms with E-state index in [1.165, 1.54) is 12.1 Å². The first-order chi connectivity index (χ1) is 13.8. The average molecular weight is 397 g/mol. The van der Waals surface area contributed by atoms with Gasteiger partial charge in [-0.3, -0.25) is 19.1 Å². The number of anilines is 1. The summed E-state index contributed by atoms with van der Waals surface area (Å²) in [5.41, 5.74) is 2.29. The Morgan fingerprint density at radius 1 is 1.28 bits per heavy atom. The number of rotatable bonds is 7. The summed E-state index contributed by atoms with van der Waals surface area (Å²) >= 11 is 0. The zero-order valence-corrected chi connectivity index (χ0v) is 16.8. The Balaban J connectivity index is 1.78. The van der Waals surface area contributed by atoms with Crippen molar-refractivity contribution in [2.45, 2.75) is 32.7 Å². The van der Waals surface area contributed by atoms with E-state index in [-0.39, 0.29) is 30.9 Å². The number of aromatic nitrogens is 1.